The van der Waals surface area contributed by atoms with Crippen LogP contribution in [-0.4, -0.2) is 22.0 Å². The van der Waals surface area contributed by atoms with E-state index in [9.17, 15) is 9.59 Å². The van der Waals surface area contributed by atoms with Gasteiger partial charge in [0.2, 0.25) is 5.91 Å². The van der Waals surface area contributed by atoms with Gasteiger partial charge in [0.15, 0.2) is 5.69 Å². The van der Waals surface area contributed by atoms with Crippen molar-refractivity contribution >= 4 is 17.9 Å². The third-order valence-electron chi connectivity index (χ3n) is 1.01. The first kappa shape index (κ1) is 8.25. The second kappa shape index (κ2) is 3.04. The van der Waals surface area contributed by atoms with E-state index in [-0.39, 0.29) is 17.6 Å². The molecule has 0 saturated carbocycles. The van der Waals surface area contributed by atoms with E-state index in [1.807, 2.05) is 0 Å². The van der Waals surface area contributed by atoms with Crippen molar-refractivity contribution < 1.29 is 19.1 Å². The Morgan fingerprint density at radius 3 is 2.75 bits per heavy atom. The van der Waals surface area contributed by atoms with Gasteiger partial charge in [-0.05, 0) is 0 Å². The molecule has 0 aliphatic rings. The Balaban J connectivity index is 2.77. The van der Waals surface area contributed by atoms with Gasteiger partial charge in [0.25, 0.3) is 0 Å². The standard InChI is InChI=1S/C6H6N2O4/c1-3(9)7-6-8-4(2-12-6)5(10)11/h2H,1H3,(H,10,11)(H,7,8,9). The summed E-state index contributed by atoms with van der Waals surface area (Å²) in [7, 11) is 0. The number of oxazole rings is 1. The Labute approximate surface area is 67.2 Å². The van der Waals surface area contributed by atoms with Crippen molar-refractivity contribution in [3.05, 3.63) is 12.0 Å². The number of aromatic nitrogens is 1. The van der Waals surface area contributed by atoms with E-state index in [0.29, 0.717) is 0 Å². The van der Waals surface area contributed by atoms with Crippen LogP contribution < -0.4 is 5.32 Å². The average molecular weight is 170 g/mol. The van der Waals surface area contributed by atoms with Crippen molar-refractivity contribution in [1.82, 2.24) is 4.98 Å². The maximum atomic E-state index is 10.4. The molecular weight excluding hydrogens is 164 g/mol. The number of carbonyl (C=O) groups excluding carboxylic acids is 1. The van der Waals surface area contributed by atoms with Crippen LogP contribution in [0.1, 0.15) is 17.4 Å². The highest BCUT2D eigenvalue weighted by molar-refractivity contribution is 5.88. The van der Waals surface area contributed by atoms with Gasteiger partial charge >= 0.3 is 12.0 Å². The number of carbonyl (C=O) groups is 2. The fraction of sp³-hybridized carbons (Fsp3) is 0.167. The summed E-state index contributed by atoms with van der Waals surface area (Å²) in [5.74, 6) is -1.57. The van der Waals surface area contributed by atoms with E-state index >= 15 is 0 Å². The van der Waals surface area contributed by atoms with Crippen molar-refractivity contribution in [1.29, 1.82) is 0 Å². The number of amides is 1. The van der Waals surface area contributed by atoms with E-state index in [2.05, 4.69) is 14.7 Å². The molecule has 64 valence electrons. The highest BCUT2D eigenvalue weighted by Gasteiger charge is 2.10. The van der Waals surface area contributed by atoms with Crippen LogP contribution in [0.4, 0.5) is 6.01 Å². The first-order chi connectivity index (χ1) is 5.59. The van der Waals surface area contributed by atoms with Gasteiger partial charge in [-0.15, -0.1) is 0 Å². The normalized spacial score (nSPS) is 9.42. The van der Waals surface area contributed by atoms with Gasteiger partial charge < -0.3 is 9.52 Å². The Kier molecular flexibility index (Phi) is 2.09. The van der Waals surface area contributed by atoms with Gasteiger partial charge in [-0.1, -0.05) is 0 Å². The highest BCUT2D eigenvalue weighted by atomic mass is 16.4. The third kappa shape index (κ3) is 1.82. The summed E-state index contributed by atoms with van der Waals surface area (Å²) in [5.41, 5.74) is -0.237. The molecule has 0 saturated heterocycles. The SMILES string of the molecule is CC(=O)Nc1nc(C(=O)O)co1. The smallest absolute Gasteiger partial charge is 0.357 e. The van der Waals surface area contributed by atoms with Gasteiger partial charge in [-0.25, -0.2) is 4.79 Å². The topological polar surface area (TPSA) is 92.4 Å². The monoisotopic (exact) mass is 170 g/mol. The molecule has 0 atom stereocenters. The Morgan fingerprint density at radius 1 is 1.67 bits per heavy atom. The molecule has 0 unspecified atom stereocenters. The second-order valence-corrected chi connectivity index (χ2v) is 2.02. The van der Waals surface area contributed by atoms with Crippen LogP contribution in [0.3, 0.4) is 0 Å². The molecule has 0 bridgehead atoms. The number of nitrogens with one attached hydrogen (secondary N) is 1. The summed E-state index contributed by atoms with van der Waals surface area (Å²) in [5, 5.41) is 10.6. The quantitative estimate of drug-likeness (QED) is 0.667. The molecule has 0 aliphatic carbocycles. The summed E-state index contributed by atoms with van der Waals surface area (Å²) in [6.07, 6.45) is 0.952. The van der Waals surface area contributed by atoms with E-state index in [4.69, 9.17) is 5.11 Å². The molecule has 0 aromatic carbocycles. The summed E-state index contributed by atoms with van der Waals surface area (Å²) in [6, 6.07) is -0.111. The molecule has 0 aliphatic heterocycles. The van der Waals surface area contributed by atoms with Gasteiger partial charge in [0.05, 0.1) is 0 Å². The fourth-order valence-electron chi connectivity index (χ4n) is 0.580. The number of aromatic carboxylic acids is 1. The highest BCUT2D eigenvalue weighted by Crippen LogP contribution is 2.06. The molecular formula is C6H6N2O4. The summed E-state index contributed by atoms with van der Waals surface area (Å²) in [6.45, 7) is 1.27. The number of anilines is 1. The molecule has 1 amide bonds. The minimum absolute atomic E-state index is 0.111. The number of nitrogens with zero attached hydrogens (tertiary/aromatic N) is 1. The van der Waals surface area contributed by atoms with E-state index < -0.39 is 5.97 Å². The maximum absolute atomic E-state index is 10.4. The van der Waals surface area contributed by atoms with Gasteiger partial charge in [0, 0.05) is 6.92 Å². The predicted octanol–water partition coefficient (Wildman–Crippen LogP) is 0.331. The van der Waals surface area contributed by atoms with Crippen LogP contribution in [0.2, 0.25) is 0 Å². The van der Waals surface area contributed by atoms with E-state index in [0.717, 1.165) is 6.26 Å². The van der Waals surface area contributed by atoms with Crippen LogP contribution in [0.15, 0.2) is 10.7 Å². The molecule has 6 nitrogen and oxygen atoms in total. The largest absolute Gasteiger partial charge is 0.476 e. The van der Waals surface area contributed by atoms with Gasteiger partial charge in [0.1, 0.15) is 6.26 Å². The summed E-state index contributed by atoms with van der Waals surface area (Å²) < 4.78 is 4.61. The van der Waals surface area contributed by atoms with Crippen LogP contribution >= 0.6 is 0 Å². The number of carboxylic acids is 1. The van der Waals surface area contributed by atoms with E-state index in [1.165, 1.54) is 6.92 Å². The lowest BCUT2D eigenvalue weighted by Gasteiger charge is -1.90. The lowest BCUT2D eigenvalue weighted by molar-refractivity contribution is -0.114. The zero-order chi connectivity index (χ0) is 9.14. The Hall–Kier alpha value is -1.85. The molecule has 1 aromatic rings. The lowest BCUT2D eigenvalue weighted by Crippen LogP contribution is -2.06. The fourth-order valence-corrected chi connectivity index (χ4v) is 0.580. The number of hydrogen-bond donors (Lipinski definition) is 2. The molecule has 0 radical (unpaired) electrons. The number of carboxylic acid groups (broad SMARTS) is 1. The van der Waals surface area contributed by atoms with Crippen LogP contribution in [0.5, 0.6) is 0 Å². The van der Waals surface area contributed by atoms with Crippen molar-refractivity contribution in [3.8, 4) is 0 Å². The lowest BCUT2D eigenvalue weighted by atomic mass is 10.5. The minimum atomic E-state index is -1.20. The zero-order valence-electron chi connectivity index (χ0n) is 6.20. The predicted molar refractivity (Wildman–Crippen MR) is 37.8 cm³/mol. The van der Waals surface area contributed by atoms with E-state index in [1.54, 1.807) is 0 Å². The van der Waals surface area contributed by atoms with Crippen LogP contribution in [0.25, 0.3) is 0 Å². The first-order valence-corrected chi connectivity index (χ1v) is 3.06. The van der Waals surface area contributed by atoms with Crippen molar-refractivity contribution in [2.45, 2.75) is 6.92 Å². The molecule has 1 aromatic heterocycles. The Bertz CT molecular complexity index is 317. The summed E-state index contributed by atoms with van der Waals surface area (Å²) in [4.78, 5) is 24.2. The molecule has 1 rings (SSSR count). The second-order valence-electron chi connectivity index (χ2n) is 2.02. The Morgan fingerprint density at radius 2 is 2.33 bits per heavy atom. The average Bonchev–Trinajstić information content (AvgIpc) is 2.34. The molecule has 1 heterocycles. The van der Waals surface area contributed by atoms with Gasteiger partial charge in [-0.3, -0.25) is 10.1 Å². The number of rotatable bonds is 2. The molecule has 12 heavy (non-hydrogen) atoms. The van der Waals surface area contributed by atoms with Crippen LogP contribution in [0, 0.1) is 0 Å². The van der Waals surface area contributed by atoms with Gasteiger partial charge in [-0.2, -0.15) is 4.98 Å². The van der Waals surface area contributed by atoms with Crippen molar-refractivity contribution in [2.75, 3.05) is 5.32 Å². The molecule has 6 heteroatoms. The molecule has 0 spiro atoms. The zero-order valence-corrected chi connectivity index (χ0v) is 6.20. The van der Waals surface area contributed by atoms with Crippen LogP contribution in [-0.2, 0) is 4.79 Å². The molecule has 2 N–H and O–H groups in total. The maximum Gasteiger partial charge on any atom is 0.357 e. The third-order valence-corrected chi connectivity index (χ3v) is 1.01. The van der Waals surface area contributed by atoms with Crippen molar-refractivity contribution in [3.63, 3.8) is 0 Å². The first-order valence-electron chi connectivity index (χ1n) is 3.06. The summed E-state index contributed by atoms with van der Waals surface area (Å²) >= 11 is 0. The molecule has 0 fully saturated rings. The number of hydrogen-bond acceptors (Lipinski definition) is 4. The minimum Gasteiger partial charge on any atom is -0.476 e. The van der Waals surface area contributed by atoms with Crippen molar-refractivity contribution in [2.24, 2.45) is 0 Å².